The summed E-state index contributed by atoms with van der Waals surface area (Å²) in [6, 6.07) is 10.6. The van der Waals surface area contributed by atoms with Gasteiger partial charge in [-0.3, -0.25) is 0 Å². The Labute approximate surface area is 195 Å². The molecule has 0 bridgehead atoms. The minimum Gasteiger partial charge on any atom is -0.0976 e. The van der Waals surface area contributed by atoms with E-state index in [2.05, 4.69) is 99.6 Å². The summed E-state index contributed by atoms with van der Waals surface area (Å²) in [6.07, 6.45) is 3.00. The van der Waals surface area contributed by atoms with Gasteiger partial charge in [0.05, 0.1) is 5.25 Å². The summed E-state index contributed by atoms with van der Waals surface area (Å²) in [7, 11) is -9.11. The van der Waals surface area contributed by atoms with Gasteiger partial charge < -0.3 is 0 Å². The quantitative estimate of drug-likeness (QED) is 0.363. The Morgan fingerprint density at radius 3 is 1.12 bits per heavy atom. The molecule has 1 saturated carbocycles. The maximum absolute atomic E-state index is 11.3. The fourth-order valence-corrected chi connectivity index (χ4v) is 1.70. The Balaban J connectivity index is 0. The summed E-state index contributed by atoms with van der Waals surface area (Å²) in [4.78, 5) is 0. The molecule has 0 unspecified atom stereocenters. The van der Waals surface area contributed by atoms with Crippen LogP contribution in [0.3, 0.4) is 0 Å². The van der Waals surface area contributed by atoms with Gasteiger partial charge in [-0.25, -0.2) is 0 Å². The van der Waals surface area contributed by atoms with E-state index in [0.717, 1.165) is 17.8 Å². The van der Waals surface area contributed by atoms with Crippen molar-refractivity contribution in [1.29, 1.82) is 0 Å². The van der Waals surface area contributed by atoms with E-state index >= 15 is 0 Å². The average molecular weight is 489 g/mol. The van der Waals surface area contributed by atoms with Crippen molar-refractivity contribution in [3.8, 4) is 0 Å². The van der Waals surface area contributed by atoms with E-state index in [1.807, 2.05) is 0 Å². The minimum atomic E-state index is -9.11. The Morgan fingerprint density at radius 1 is 0.719 bits per heavy atom. The van der Waals surface area contributed by atoms with Gasteiger partial charge in [0, 0.05) is 0 Å². The Kier molecular flexibility index (Phi) is 11.6. The molecule has 6 heteroatoms. The first-order valence-corrected chi connectivity index (χ1v) is 13.6. The second-order valence-electron chi connectivity index (χ2n) is 11.8. The highest BCUT2D eigenvalue weighted by atomic mass is 32.5. The van der Waals surface area contributed by atoms with Gasteiger partial charge in [0.2, 0.25) is 0 Å². The number of rotatable bonds is 2. The van der Waals surface area contributed by atoms with Crippen LogP contribution in [-0.2, 0) is 5.41 Å². The van der Waals surface area contributed by atoms with Crippen LogP contribution in [0.2, 0.25) is 0 Å². The molecule has 194 valence electrons. The van der Waals surface area contributed by atoms with Crippen LogP contribution >= 0.6 is 10.2 Å². The van der Waals surface area contributed by atoms with Crippen LogP contribution in [0.4, 0.5) is 19.4 Å². The van der Waals surface area contributed by atoms with Gasteiger partial charge in [-0.2, -0.15) is 0 Å². The molecule has 0 saturated heterocycles. The van der Waals surface area contributed by atoms with Crippen molar-refractivity contribution in [1.82, 2.24) is 0 Å². The standard InChI is InChI=1S/C10H14.C7H16.C6H12.C3H7F5S/c1-10(2,3)9-7-5-4-6-8-9;1-6(2)7(3,4)5;1-5(2)6-3-4-6;1-3(2)9(4,5,6,7)8/h4-8H,1-3H3;6H,1-5H3;5-6H,3-4H2,1-2H3;3H,1-2H3. The molecule has 0 N–H and O–H groups in total. The monoisotopic (exact) mass is 488 g/mol. The normalized spacial score (nSPS) is 16.6. The van der Waals surface area contributed by atoms with Gasteiger partial charge in [0.25, 0.3) is 10.2 Å². The average Bonchev–Trinajstić information content (AvgIpc) is 3.38. The molecular formula is C26H49F5S. The molecule has 0 aliphatic heterocycles. The second-order valence-corrected chi connectivity index (χ2v) is 14.8. The SMILES string of the molecule is CC(C)(C)c1ccccc1.CC(C)C(C)(C)C.CC(C)C1CC1.CC(C)S(F)(F)(F)(F)F. The number of benzene rings is 1. The highest BCUT2D eigenvalue weighted by Gasteiger charge is 2.66. The molecule has 0 amide bonds. The van der Waals surface area contributed by atoms with E-state index in [1.54, 1.807) is 0 Å². The number of hydrogen-bond acceptors (Lipinski definition) is 0. The van der Waals surface area contributed by atoms with E-state index in [-0.39, 0.29) is 0 Å². The third kappa shape index (κ3) is 17.7. The molecule has 0 heterocycles. The molecule has 2 rings (SSSR count). The van der Waals surface area contributed by atoms with Gasteiger partial charge in [0.15, 0.2) is 0 Å². The van der Waals surface area contributed by atoms with E-state index in [1.165, 1.54) is 18.4 Å². The zero-order valence-electron chi connectivity index (χ0n) is 22.4. The van der Waals surface area contributed by atoms with E-state index in [9.17, 15) is 19.4 Å². The lowest BCUT2D eigenvalue weighted by Crippen LogP contribution is -2.18. The Morgan fingerprint density at radius 2 is 1.03 bits per heavy atom. The third-order valence-corrected chi connectivity index (χ3v) is 7.61. The molecule has 32 heavy (non-hydrogen) atoms. The highest BCUT2D eigenvalue weighted by Crippen LogP contribution is 3.00. The predicted octanol–water partition coefficient (Wildman–Crippen LogP) is 11.4. The summed E-state index contributed by atoms with van der Waals surface area (Å²) in [5.41, 5.74) is 2.19. The smallest absolute Gasteiger partial charge is 0.0976 e. The van der Waals surface area contributed by atoms with E-state index < -0.39 is 15.5 Å². The van der Waals surface area contributed by atoms with Crippen molar-refractivity contribution < 1.29 is 19.4 Å². The van der Waals surface area contributed by atoms with Gasteiger partial charge >= 0.3 is 0 Å². The summed E-state index contributed by atoms with van der Waals surface area (Å²) in [5, 5.41) is -2.52. The molecule has 1 aromatic carbocycles. The fraction of sp³-hybridized carbons (Fsp3) is 0.769. The Bertz CT molecular complexity index is 629. The van der Waals surface area contributed by atoms with Crippen LogP contribution < -0.4 is 0 Å². The zero-order chi connectivity index (χ0) is 26.2. The lowest BCUT2D eigenvalue weighted by Gasteiger charge is -2.44. The van der Waals surface area contributed by atoms with Crippen molar-refractivity contribution in [3.63, 3.8) is 0 Å². The Hall–Kier alpha value is -0.780. The van der Waals surface area contributed by atoms with Gasteiger partial charge in [-0.05, 0) is 60.8 Å². The number of halogens is 5. The van der Waals surface area contributed by atoms with Gasteiger partial charge in [-0.1, -0.05) is 119 Å². The first-order chi connectivity index (χ1) is 13.8. The summed E-state index contributed by atoms with van der Waals surface area (Å²) >= 11 is 0. The predicted molar refractivity (Wildman–Crippen MR) is 135 cm³/mol. The van der Waals surface area contributed by atoms with Crippen molar-refractivity contribution in [3.05, 3.63) is 35.9 Å². The molecule has 0 nitrogen and oxygen atoms in total. The highest BCUT2D eigenvalue weighted by molar-refractivity contribution is 8.46. The molecule has 0 spiro atoms. The van der Waals surface area contributed by atoms with Crippen molar-refractivity contribution in [2.75, 3.05) is 0 Å². The maximum atomic E-state index is 11.3. The molecule has 1 aliphatic rings. The number of hydrogen-bond donors (Lipinski definition) is 0. The summed E-state index contributed by atoms with van der Waals surface area (Å²) in [6.45, 7) is 23.5. The zero-order valence-corrected chi connectivity index (χ0v) is 23.2. The molecule has 1 aliphatic carbocycles. The van der Waals surface area contributed by atoms with Crippen LogP contribution in [0.5, 0.6) is 0 Å². The summed E-state index contributed by atoms with van der Waals surface area (Å²) < 4.78 is 56.7. The van der Waals surface area contributed by atoms with E-state index in [0.29, 0.717) is 24.7 Å². The molecule has 0 aromatic heterocycles. The molecule has 0 atom stereocenters. The fourth-order valence-electron chi connectivity index (χ4n) is 1.70. The second kappa shape index (κ2) is 11.1. The van der Waals surface area contributed by atoms with Crippen LogP contribution in [0.15, 0.2) is 30.3 Å². The lowest BCUT2D eigenvalue weighted by atomic mass is 9.84. The van der Waals surface area contributed by atoms with Gasteiger partial charge in [-0.15, -0.1) is 0 Å². The lowest BCUT2D eigenvalue weighted by molar-refractivity contribution is 0.283. The van der Waals surface area contributed by atoms with Crippen molar-refractivity contribution >= 4 is 10.2 Å². The van der Waals surface area contributed by atoms with Crippen LogP contribution in [0.25, 0.3) is 0 Å². The molecule has 0 radical (unpaired) electrons. The third-order valence-electron chi connectivity index (χ3n) is 5.83. The topological polar surface area (TPSA) is 0 Å². The van der Waals surface area contributed by atoms with E-state index in [4.69, 9.17) is 0 Å². The van der Waals surface area contributed by atoms with Crippen LogP contribution in [0, 0.1) is 23.2 Å². The minimum absolute atomic E-state index is 0.293. The largest absolute Gasteiger partial charge is 0.287 e. The first kappa shape index (κ1) is 33.4. The van der Waals surface area contributed by atoms with Crippen molar-refractivity contribution in [2.45, 2.75) is 107 Å². The van der Waals surface area contributed by atoms with Crippen LogP contribution in [-0.4, -0.2) is 5.25 Å². The van der Waals surface area contributed by atoms with Crippen molar-refractivity contribution in [2.24, 2.45) is 23.2 Å². The summed E-state index contributed by atoms with van der Waals surface area (Å²) in [5.74, 6) is 2.86. The maximum Gasteiger partial charge on any atom is 0.287 e. The molecule has 1 aromatic rings. The molecule has 1 fully saturated rings. The first-order valence-electron chi connectivity index (χ1n) is 11.6. The van der Waals surface area contributed by atoms with Crippen LogP contribution in [0.1, 0.15) is 101 Å². The van der Waals surface area contributed by atoms with Gasteiger partial charge in [0.1, 0.15) is 0 Å². The molecular weight excluding hydrogens is 439 g/mol.